The van der Waals surface area contributed by atoms with Gasteiger partial charge in [-0.15, -0.1) is 0 Å². The van der Waals surface area contributed by atoms with E-state index in [1.54, 1.807) is 6.20 Å². The lowest BCUT2D eigenvalue weighted by molar-refractivity contribution is 0.296. The molecule has 1 aliphatic carbocycles. The zero-order chi connectivity index (χ0) is 6.81. The van der Waals surface area contributed by atoms with Gasteiger partial charge in [-0.05, 0) is 0 Å². The van der Waals surface area contributed by atoms with Crippen molar-refractivity contribution in [3.8, 4) is 5.88 Å². The van der Waals surface area contributed by atoms with E-state index in [9.17, 15) is 0 Å². The van der Waals surface area contributed by atoms with Gasteiger partial charge in [0.1, 0.15) is 0 Å². The van der Waals surface area contributed by atoms with Crippen LogP contribution in [0.5, 0.6) is 5.88 Å². The van der Waals surface area contributed by atoms with Crippen molar-refractivity contribution in [3.05, 3.63) is 24.4 Å². The number of hydrogen-bond donors (Lipinski definition) is 1. The van der Waals surface area contributed by atoms with Gasteiger partial charge in [0.05, 0.1) is 12.8 Å². The summed E-state index contributed by atoms with van der Waals surface area (Å²) in [7, 11) is 0. The summed E-state index contributed by atoms with van der Waals surface area (Å²) in [6.07, 6.45) is 5.89. The van der Waals surface area contributed by atoms with Crippen molar-refractivity contribution < 1.29 is 4.74 Å². The van der Waals surface area contributed by atoms with Gasteiger partial charge in [0, 0.05) is 12.0 Å². The second-order valence-corrected chi connectivity index (χ2v) is 2.28. The minimum absolute atomic E-state index is 0.559. The molecule has 3 nitrogen and oxygen atoms in total. The van der Waals surface area contributed by atoms with Gasteiger partial charge in [-0.3, -0.25) is 0 Å². The number of aromatic amines is 1. The van der Waals surface area contributed by atoms with Gasteiger partial charge in [0.25, 0.3) is 0 Å². The Morgan fingerprint density at radius 1 is 1.60 bits per heavy atom. The van der Waals surface area contributed by atoms with Crippen LogP contribution in [0.4, 0.5) is 0 Å². The molecule has 1 aromatic heterocycles. The highest BCUT2D eigenvalue weighted by atomic mass is 16.5. The molecule has 1 aliphatic rings. The number of H-pyrrole nitrogens is 1. The highest BCUT2D eigenvalue weighted by Gasteiger charge is 2.10. The Morgan fingerprint density at radius 2 is 2.50 bits per heavy atom. The van der Waals surface area contributed by atoms with E-state index in [4.69, 9.17) is 4.74 Å². The SMILES string of the molecule is C1=CC1COc1ccn[nH]1. The van der Waals surface area contributed by atoms with Gasteiger partial charge >= 0.3 is 0 Å². The largest absolute Gasteiger partial charge is 0.477 e. The van der Waals surface area contributed by atoms with Crippen LogP contribution in [0.3, 0.4) is 0 Å². The Labute approximate surface area is 58.7 Å². The topological polar surface area (TPSA) is 37.9 Å². The highest BCUT2D eigenvalue weighted by molar-refractivity contribution is 5.14. The number of nitrogens with one attached hydrogen (secondary N) is 1. The lowest BCUT2D eigenvalue weighted by Crippen LogP contribution is -1.99. The maximum absolute atomic E-state index is 5.29. The third kappa shape index (κ3) is 1.18. The average molecular weight is 136 g/mol. The van der Waals surface area contributed by atoms with Crippen LogP contribution in [0.25, 0.3) is 0 Å². The van der Waals surface area contributed by atoms with E-state index in [2.05, 4.69) is 22.3 Å². The summed E-state index contributed by atoms with van der Waals surface area (Å²) in [5, 5.41) is 6.47. The van der Waals surface area contributed by atoms with Crippen molar-refractivity contribution in [1.82, 2.24) is 10.2 Å². The van der Waals surface area contributed by atoms with Gasteiger partial charge in [-0.2, -0.15) is 5.10 Å². The maximum atomic E-state index is 5.29. The van der Waals surface area contributed by atoms with Crippen molar-refractivity contribution in [2.75, 3.05) is 6.61 Å². The Morgan fingerprint density at radius 3 is 3.10 bits per heavy atom. The van der Waals surface area contributed by atoms with E-state index in [0.29, 0.717) is 5.92 Å². The molecule has 0 amide bonds. The molecule has 0 unspecified atom stereocenters. The zero-order valence-corrected chi connectivity index (χ0v) is 5.45. The van der Waals surface area contributed by atoms with E-state index >= 15 is 0 Å². The number of aromatic nitrogens is 2. The van der Waals surface area contributed by atoms with Gasteiger partial charge in [0.15, 0.2) is 0 Å². The Balaban J connectivity index is 1.80. The molecule has 1 aromatic rings. The van der Waals surface area contributed by atoms with E-state index in [1.165, 1.54) is 0 Å². The molecule has 52 valence electrons. The van der Waals surface area contributed by atoms with Crippen LogP contribution in [-0.4, -0.2) is 16.8 Å². The Bertz CT molecular complexity index is 222. The third-order valence-corrected chi connectivity index (χ3v) is 1.37. The molecule has 2 rings (SSSR count). The summed E-state index contributed by atoms with van der Waals surface area (Å²) in [5.74, 6) is 1.30. The molecule has 0 radical (unpaired) electrons. The third-order valence-electron chi connectivity index (χ3n) is 1.37. The Hall–Kier alpha value is -1.25. The van der Waals surface area contributed by atoms with Gasteiger partial charge < -0.3 is 4.74 Å². The molecule has 10 heavy (non-hydrogen) atoms. The molecule has 0 spiro atoms. The van der Waals surface area contributed by atoms with Crippen LogP contribution in [0.2, 0.25) is 0 Å². The summed E-state index contributed by atoms with van der Waals surface area (Å²) in [6.45, 7) is 0.738. The molecule has 0 fully saturated rings. The molecular formula is C7H8N2O. The van der Waals surface area contributed by atoms with Crippen LogP contribution in [-0.2, 0) is 0 Å². The van der Waals surface area contributed by atoms with Crippen LogP contribution in [0.15, 0.2) is 24.4 Å². The smallest absolute Gasteiger partial charge is 0.209 e. The summed E-state index contributed by atoms with van der Waals surface area (Å²) in [4.78, 5) is 0. The predicted octanol–water partition coefficient (Wildman–Crippen LogP) is 0.974. The van der Waals surface area contributed by atoms with Gasteiger partial charge in [-0.25, -0.2) is 5.10 Å². The lowest BCUT2D eigenvalue weighted by Gasteiger charge is -1.99. The predicted molar refractivity (Wildman–Crippen MR) is 36.7 cm³/mol. The summed E-state index contributed by atoms with van der Waals surface area (Å²) in [6, 6.07) is 1.81. The van der Waals surface area contributed by atoms with E-state index < -0.39 is 0 Å². The van der Waals surface area contributed by atoms with Crippen molar-refractivity contribution in [2.45, 2.75) is 0 Å². The molecular weight excluding hydrogens is 128 g/mol. The molecule has 0 bridgehead atoms. The first-order valence-corrected chi connectivity index (χ1v) is 3.25. The zero-order valence-electron chi connectivity index (χ0n) is 5.45. The normalized spacial score (nSPS) is 15.6. The molecule has 0 atom stereocenters. The van der Waals surface area contributed by atoms with Crippen molar-refractivity contribution in [1.29, 1.82) is 0 Å². The average Bonchev–Trinajstić information content (AvgIpc) is 2.63. The first kappa shape index (κ1) is 5.53. The monoisotopic (exact) mass is 136 g/mol. The fourth-order valence-corrected chi connectivity index (χ4v) is 0.699. The fourth-order valence-electron chi connectivity index (χ4n) is 0.699. The Kier molecular flexibility index (Phi) is 1.20. The van der Waals surface area contributed by atoms with Crippen LogP contribution in [0, 0.1) is 5.92 Å². The second-order valence-electron chi connectivity index (χ2n) is 2.28. The number of nitrogens with zero attached hydrogens (tertiary/aromatic N) is 1. The van der Waals surface area contributed by atoms with Crippen LogP contribution < -0.4 is 4.74 Å². The van der Waals surface area contributed by atoms with Crippen molar-refractivity contribution in [3.63, 3.8) is 0 Å². The van der Waals surface area contributed by atoms with Gasteiger partial charge in [-0.1, -0.05) is 12.2 Å². The fraction of sp³-hybridized carbons (Fsp3) is 0.286. The van der Waals surface area contributed by atoms with Crippen molar-refractivity contribution in [2.24, 2.45) is 5.92 Å². The van der Waals surface area contributed by atoms with Crippen LogP contribution >= 0.6 is 0 Å². The van der Waals surface area contributed by atoms with E-state index in [1.807, 2.05) is 6.07 Å². The molecule has 0 saturated heterocycles. The molecule has 3 heteroatoms. The van der Waals surface area contributed by atoms with Crippen LogP contribution in [0.1, 0.15) is 0 Å². The lowest BCUT2D eigenvalue weighted by atomic mass is 10.4. The molecule has 0 saturated carbocycles. The number of rotatable bonds is 3. The number of ether oxygens (including phenoxy) is 1. The summed E-state index contributed by atoms with van der Waals surface area (Å²) in [5.41, 5.74) is 0. The molecule has 0 aliphatic heterocycles. The minimum Gasteiger partial charge on any atom is -0.477 e. The van der Waals surface area contributed by atoms with Gasteiger partial charge in [0.2, 0.25) is 5.88 Å². The van der Waals surface area contributed by atoms with E-state index in [-0.39, 0.29) is 0 Å². The minimum atomic E-state index is 0.559. The molecule has 0 aromatic carbocycles. The molecule has 1 heterocycles. The van der Waals surface area contributed by atoms with Crippen molar-refractivity contribution >= 4 is 0 Å². The summed E-state index contributed by atoms with van der Waals surface area (Å²) < 4.78 is 5.29. The summed E-state index contributed by atoms with van der Waals surface area (Å²) >= 11 is 0. The highest BCUT2D eigenvalue weighted by Crippen LogP contribution is 2.16. The first-order chi connectivity index (χ1) is 4.95. The quantitative estimate of drug-likeness (QED) is 0.629. The molecule has 1 N–H and O–H groups in total. The standard InChI is InChI=1S/C7H8N2O/c1-2-6(1)5-10-7-3-4-8-9-7/h1-4,6H,5H2,(H,8,9). The van der Waals surface area contributed by atoms with E-state index in [0.717, 1.165) is 12.5 Å². The maximum Gasteiger partial charge on any atom is 0.209 e. The number of hydrogen-bond acceptors (Lipinski definition) is 2. The first-order valence-electron chi connectivity index (χ1n) is 3.25. The second kappa shape index (κ2) is 2.17.